The van der Waals surface area contributed by atoms with E-state index >= 15 is 0 Å². The quantitative estimate of drug-likeness (QED) is 0.864. The second-order valence-electron chi connectivity index (χ2n) is 4.74. The largest absolute Gasteiger partial charge is 0.337 e. The highest BCUT2D eigenvalue weighted by Crippen LogP contribution is 2.17. The van der Waals surface area contributed by atoms with Crippen molar-refractivity contribution in [2.45, 2.75) is 26.3 Å². The number of carbonyl (C=O) groups excluding carboxylic acids is 1. The Bertz CT molecular complexity index is 516. The Kier molecular flexibility index (Phi) is 6.46. The first-order valence-corrected chi connectivity index (χ1v) is 7.09. The number of nitriles is 1. The van der Waals surface area contributed by atoms with Crippen molar-refractivity contribution in [3.05, 3.63) is 34.1 Å². The average molecular weight is 342 g/mol. The fourth-order valence-corrected chi connectivity index (χ4v) is 2.06. The van der Waals surface area contributed by atoms with E-state index in [4.69, 9.17) is 5.26 Å². The molecule has 6 heteroatoms. The molecule has 108 valence electrons. The lowest BCUT2D eigenvalue weighted by molar-refractivity contribution is 0.237. The molecule has 0 aliphatic carbocycles. The van der Waals surface area contributed by atoms with Crippen molar-refractivity contribution in [1.29, 1.82) is 5.26 Å². The van der Waals surface area contributed by atoms with Gasteiger partial charge in [0.2, 0.25) is 0 Å². The maximum absolute atomic E-state index is 13.1. The number of hydrogen-bond donors (Lipinski definition) is 2. The number of halogens is 2. The van der Waals surface area contributed by atoms with Gasteiger partial charge in [0, 0.05) is 12.6 Å². The van der Waals surface area contributed by atoms with Gasteiger partial charge in [0.25, 0.3) is 0 Å². The van der Waals surface area contributed by atoms with Crippen LogP contribution in [-0.2, 0) is 6.42 Å². The lowest BCUT2D eigenvalue weighted by Crippen LogP contribution is -2.42. The molecule has 1 aromatic rings. The lowest BCUT2D eigenvalue weighted by atomic mass is 10.1. The summed E-state index contributed by atoms with van der Waals surface area (Å²) in [6, 6.07) is 6.42. The molecule has 4 nitrogen and oxygen atoms in total. The molecule has 2 N–H and O–H groups in total. The first-order chi connectivity index (χ1) is 9.42. The third-order valence-electron chi connectivity index (χ3n) is 2.69. The van der Waals surface area contributed by atoms with Crippen molar-refractivity contribution in [3.8, 4) is 6.07 Å². The predicted octanol–water partition coefficient (Wildman–Crippen LogP) is 2.98. The van der Waals surface area contributed by atoms with Gasteiger partial charge in [-0.15, -0.1) is 0 Å². The Hall–Kier alpha value is -1.61. The monoisotopic (exact) mass is 341 g/mol. The van der Waals surface area contributed by atoms with E-state index in [1.54, 1.807) is 19.1 Å². The van der Waals surface area contributed by atoms with E-state index in [9.17, 15) is 9.18 Å². The summed E-state index contributed by atoms with van der Waals surface area (Å²) in [6.07, 6.45) is 0.597. The fourth-order valence-electron chi connectivity index (χ4n) is 1.64. The summed E-state index contributed by atoms with van der Waals surface area (Å²) >= 11 is 3.13. The van der Waals surface area contributed by atoms with E-state index in [0.717, 1.165) is 5.56 Å². The minimum Gasteiger partial charge on any atom is -0.337 e. The molecule has 1 aromatic carbocycles. The van der Waals surface area contributed by atoms with E-state index in [0.29, 0.717) is 17.4 Å². The van der Waals surface area contributed by atoms with Gasteiger partial charge in [-0.3, -0.25) is 0 Å². The van der Waals surface area contributed by atoms with Crippen LogP contribution in [0.1, 0.15) is 19.4 Å². The summed E-state index contributed by atoms with van der Waals surface area (Å²) in [6.45, 7) is 3.92. The summed E-state index contributed by atoms with van der Waals surface area (Å²) in [5, 5.41) is 14.0. The number of urea groups is 1. The van der Waals surface area contributed by atoms with Crippen LogP contribution in [0.2, 0.25) is 0 Å². The van der Waals surface area contributed by atoms with Crippen molar-refractivity contribution in [2.24, 2.45) is 5.92 Å². The topological polar surface area (TPSA) is 64.9 Å². The molecule has 0 saturated heterocycles. The highest BCUT2D eigenvalue weighted by molar-refractivity contribution is 9.10. The molecule has 2 atom stereocenters. The molecule has 0 aliphatic rings. The second-order valence-corrected chi connectivity index (χ2v) is 5.59. The van der Waals surface area contributed by atoms with E-state index in [-0.39, 0.29) is 23.8 Å². The van der Waals surface area contributed by atoms with Gasteiger partial charge in [-0.2, -0.15) is 5.26 Å². The highest BCUT2D eigenvalue weighted by atomic mass is 79.9. The van der Waals surface area contributed by atoms with Crippen LogP contribution in [0, 0.1) is 23.1 Å². The molecule has 0 fully saturated rings. The molecule has 0 aromatic heterocycles. The number of benzene rings is 1. The van der Waals surface area contributed by atoms with Gasteiger partial charge >= 0.3 is 6.03 Å². The highest BCUT2D eigenvalue weighted by Gasteiger charge is 2.10. The van der Waals surface area contributed by atoms with Crippen LogP contribution < -0.4 is 10.6 Å². The second kappa shape index (κ2) is 7.85. The third-order valence-corrected chi connectivity index (χ3v) is 3.30. The zero-order valence-corrected chi connectivity index (χ0v) is 13.0. The zero-order chi connectivity index (χ0) is 15.1. The van der Waals surface area contributed by atoms with Crippen molar-refractivity contribution in [2.75, 3.05) is 6.54 Å². The van der Waals surface area contributed by atoms with Gasteiger partial charge in [0.1, 0.15) is 5.82 Å². The van der Waals surface area contributed by atoms with Gasteiger partial charge in [-0.25, -0.2) is 9.18 Å². The van der Waals surface area contributed by atoms with Crippen LogP contribution in [0.3, 0.4) is 0 Å². The molecule has 0 heterocycles. The van der Waals surface area contributed by atoms with Crippen molar-refractivity contribution in [3.63, 3.8) is 0 Å². The first-order valence-electron chi connectivity index (χ1n) is 6.30. The minimum atomic E-state index is -0.308. The summed E-state index contributed by atoms with van der Waals surface area (Å²) in [4.78, 5) is 11.6. The Morgan fingerprint density at radius 2 is 2.20 bits per heavy atom. The van der Waals surface area contributed by atoms with E-state index in [2.05, 4.69) is 26.6 Å². The standard InChI is InChI=1S/C14H17BrFN3O/c1-9(7-17)8-18-14(20)19-10(2)5-11-3-4-13(16)12(15)6-11/h3-4,6,9-10H,5,8H2,1-2H3,(H2,18,19,20). The molecule has 0 spiro atoms. The maximum atomic E-state index is 13.1. The molecular formula is C14H17BrFN3O. The number of amides is 2. The van der Waals surface area contributed by atoms with Crippen LogP contribution in [0.25, 0.3) is 0 Å². The fraction of sp³-hybridized carbons (Fsp3) is 0.429. The molecule has 0 saturated carbocycles. The van der Waals surface area contributed by atoms with E-state index < -0.39 is 0 Å². The summed E-state index contributed by atoms with van der Waals surface area (Å²) < 4.78 is 13.5. The molecule has 2 amide bonds. The summed E-state index contributed by atoms with van der Waals surface area (Å²) in [5.41, 5.74) is 0.927. The van der Waals surface area contributed by atoms with Gasteiger partial charge in [0.05, 0.1) is 16.5 Å². The Morgan fingerprint density at radius 1 is 1.50 bits per heavy atom. The molecule has 0 radical (unpaired) electrons. The van der Waals surface area contributed by atoms with Gasteiger partial charge in [-0.1, -0.05) is 6.07 Å². The number of rotatable bonds is 5. The normalized spacial score (nSPS) is 13.2. The maximum Gasteiger partial charge on any atom is 0.315 e. The van der Waals surface area contributed by atoms with E-state index in [1.165, 1.54) is 6.07 Å². The van der Waals surface area contributed by atoms with Crippen LogP contribution >= 0.6 is 15.9 Å². The Balaban J connectivity index is 2.43. The van der Waals surface area contributed by atoms with Crippen LogP contribution in [-0.4, -0.2) is 18.6 Å². The lowest BCUT2D eigenvalue weighted by Gasteiger charge is -2.15. The van der Waals surface area contributed by atoms with Gasteiger partial charge < -0.3 is 10.6 Å². The van der Waals surface area contributed by atoms with Crippen LogP contribution in [0.15, 0.2) is 22.7 Å². The van der Waals surface area contributed by atoms with Crippen molar-refractivity contribution < 1.29 is 9.18 Å². The summed E-state index contributed by atoms with van der Waals surface area (Å²) in [5.74, 6) is -0.526. The van der Waals surface area contributed by atoms with Crippen molar-refractivity contribution in [1.82, 2.24) is 10.6 Å². The van der Waals surface area contributed by atoms with Gasteiger partial charge in [-0.05, 0) is 53.9 Å². The Labute approximate surface area is 126 Å². The van der Waals surface area contributed by atoms with E-state index in [1.807, 2.05) is 13.0 Å². The number of hydrogen-bond acceptors (Lipinski definition) is 2. The first kappa shape index (κ1) is 16.4. The summed E-state index contributed by atoms with van der Waals surface area (Å²) in [7, 11) is 0. The molecule has 0 aliphatic heterocycles. The number of nitrogens with zero attached hydrogens (tertiary/aromatic N) is 1. The van der Waals surface area contributed by atoms with Crippen LogP contribution in [0.5, 0.6) is 0 Å². The minimum absolute atomic E-state index is 0.0928. The molecule has 20 heavy (non-hydrogen) atoms. The van der Waals surface area contributed by atoms with Crippen molar-refractivity contribution >= 4 is 22.0 Å². The Morgan fingerprint density at radius 3 is 2.80 bits per heavy atom. The van der Waals surface area contributed by atoms with Crippen LogP contribution in [0.4, 0.5) is 9.18 Å². The number of nitrogens with one attached hydrogen (secondary N) is 2. The third kappa shape index (κ3) is 5.57. The molecular weight excluding hydrogens is 325 g/mol. The smallest absolute Gasteiger partial charge is 0.315 e. The number of carbonyl (C=O) groups is 1. The predicted molar refractivity (Wildman–Crippen MR) is 78.6 cm³/mol. The molecule has 1 rings (SSSR count). The molecule has 2 unspecified atom stereocenters. The SMILES string of the molecule is CC(C#N)CNC(=O)NC(C)Cc1ccc(F)c(Br)c1. The average Bonchev–Trinajstić information content (AvgIpc) is 2.40. The molecule has 0 bridgehead atoms. The zero-order valence-electron chi connectivity index (χ0n) is 11.4. The van der Waals surface area contributed by atoms with Gasteiger partial charge in [0.15, 0.2) is 0 Å².